The number of phenolic OH excluding ortho intramolecular Hbond substituents is 1. The normalized spacial score (nSPS) is 30.4. The molecule has 9 unspecified atom stereocenters. The monoisotopic (exact) mass is 2030 g/mol. The first-order chi connectivity index (χ1) is 41.0. The molecule has 0 spiro atoms. The first-order valence-electron chi connectivity index (χ1n) is 28.2. The molecule has 3 aromatic carbocycles. The number of Topliss-reactive ketones (excluding diaryl/α,β-unsaturated/α-hetero) is 2. The number of aliphatic hydroxyl groups excluding tert-OH is 1. The number of carbonyl (C=O) groups excluding carboxylic acids is 3. The van der Waals surface area contributed by atoms with Gasteiger partial charge < -0.3 is 23.7 Å². The van der Waals surface area contributed by atoms with Crippen LogP contribution in [-0.2, 0) is 77.5 Å². The third-order valence-corrected chi connectivity index (χ3v) is 21.4. The first-order valence-corrected chi connectivity index (χ1v) is 54.6. The van der Waals surface area contributed by atoms with Gasteiger partial charge in [0.25, 0.3) is 21.8 Å². The SMILES string of the molecule is C[C@]12CCC3c4ccc(O)cc4CCC3C1CCC2=O.C[C@]12CCC3c4ccc(OS(N)(=O)=O)cc4CCC3C1CCC2=O.C[C@]12CCC3c4ccc(OS(N)(=O)=O)cc4CCC3C1CC[C@@H]2O.I.II.I[I-]I.NS(=O)(=O)Cl.O=C=NS(=O)(=O)Cl.O=CO. The molecular formula is C56H75Cl2I6N4O17S4-. The Morgan fingerprint density at radius 2 is 0.955 bits per heavy atom. The third kappa shape index (κ3) is 21.7. The Hall–Kier alpha value is -0.150. The number of benzene rings is 3. The second kappa shape index (κ2) is 34.9. The van der Waals surface area contributed by atoms with Crippen LogP contribution in [0.5, 0.6) is 17.2 Å². The Morgan fingerprint density at radius 1 is 0.607 bits per heavy atom. The summed E-state index contributed by atoms with van der Waals surface area (Å²) in [6, 6.07) is 16.9. The molecule has 502 valence electrons. The van der Waals surface area contributed by atoms with E-state index in [2.05, 4.69) is 132 Å². The molecule has 3 aromatic rings. The van der Waals surface area contributed by atoms with Gasteiger partial charge in [0, 0.05) is 82.3 Å². The van der Waals surface area contributed by atoms with Crippen molar-refractivity contribution < 1.29 is 89.8 Å². The van der Waals surface area contributed by atoms with E-state index in [-0.39, 0.29) is 58.5 Å². The van der Waals surface area contributed by atoms with Gasteiger partial charge in [0.2, 0.25) is 0 Å². The maximum atomic E-state index is 12.3. The van der Waals surface area contributed by atoms with Crippen LogP contribution in [0.4, 0.5) is 0 Å². The van der Waals surface area contributed by atoms with Gasteiger partial charge in [-0.05, 0) is 231 Å². The summed E-state index contributed by atoms with van der Waals surface area (Å²) in [6.07, 6.45) is 18.9. The van der Waals surface area contributed by atoms with Gasteiger partial charge in [0.1, 0.15) is 28.8 Å². The number of fused-ring (bicyclic) bond motifs is 15. The van der Waals surface area contributed by atoms with E-state index in [4.69, 9.17) is 33.3 Å². The summed E-state index contributed by atoms with van der Waals surface area (Å²) in [5.74, 6) is 7.09. The van der Waals surface area contributed by atoms with Crippen LogP contribution in [0, 0.1) is 51.8 Å². The van der Waals surface area contributed by atoms with Gasteiger partial charge in [-0.2, -0.15) is 43.9 Å². The van der Waals surface area contributed by atoms with Crippen molar-refractivity contribution in [3.63, 3.8) is 0 Å². The number of isocyanates is 1. The summed E-state index contributed by atoms with van der Waals surface area (Å²) < 4.78 is 93.8. The molecule has 0 radical (unpaired) electrons. The van der Waals surface area contributed by atoms with E-state index in [0.717, 1.165) is 121 Å². The van der Waals surface area contributed by atoms with Crippen LogP contribution < -0.4 is 37.0 Å². The Morgan fingerprint density at radius 3 is 1.30 bits per heavy atom. The molecule has 0 saturated heterocycles. The minimum Gasteiger partial charge on any atom is -0.483 e. The summed E-state index contributed by atoms with van der Waals surface area (Å²) in [7, 11) is -7.01. The van der Waals surface area contributed by atoms with Crippen molar-refractivity contribution in [2.24, 2.45) is 71.6 Å². The van der Waals surface area contributed by atoms with Crippen molar-refractivity contribution in [2.45, 2.75) is 160 Å². The molecule has 9 aliphatic carbocycles. The number of hydrogen-bond acceptors (Lipinski definition) is 16. The quantitative estimate of drug-likeness (QED) is 0.0456. The van der Waals surface area contributed by atoms with Crippen molar-refractivity contribution in [1.82, 2.24) is 0 Å². The fourth-order valence-corrected chi connectivity index (χ4v) is 17.5. The molecule has 89 heavy (non-hydrogen) atoms. The first kappa shape index (κ1) is 81.3. The van der Waals surface area contributed by atoms with Crippen molar-refractivity contribution in [2.75, 3.05) is 0 Å². The summed E-state index contributed by atoms with van der Waals surface area (Å²) in [5, 5.41) is 41.0. The Bertz CT molecular complexity index is 3500. The average molecular weight is 2040 g/mol. The number of halogens is 8. The molecule has 33 heteroatoms. The zero-order valence-electron chi connectivity index (χ0n) is 48.7. The summed E-state index contributed by atoms with van der Waals surface area (Å²) in [6.45, 7) is 6.40. The number of hydrogen-bond donors (Lipinski definition) is 6. The second-order valence-corrected chi connectivity index (χ2v) is 47.2. The van der Waals surface area contributed by atoms with Gasteiger partial charge in [-0.1, -0.05) is 43.4 Å². The number of aromatic hydroxyl groups is 1. The smallest absolute Gasteiger partial charge is 0.350 e. The molecule has 0 aliphatic heterocycles. The Labute approximate surface area is 601 Å². The second-order valence-electron chi connectivity index (χ2n) is 24.2. The number of phenols is 1. The minimum absolute atomic E-state index is 0. The summed E-state index contributed by atoms with van der Waals surface area (Å²) >= 11 is 9.54. The van der Waals surface area contributed by atoms with Crippen LogP contribution in [0.3, 0.4) is 0 Å². The molecule has 9 N–H and O–H groups in total. The topological polar surface area (TPSA) is 374 Å². The number of aliphatic hydroxyl groups is 1. The molecule has 0 bridgehead atoms. The summed E-state index contributed by atoms with van der Waals surface area (Å²) in [4.78, 5) is 42.0. The van der Waals surface area contributed by atoms with Gasteiger partial charge >= 0.3 is 80.3 Å². The van der Waals surface area contributed by atoms with Gasteiger partial charge in [0.05, 0.1) is 6.10 Å². The van der Waals surface area contributed by atoms with Crippen LogP contribution in [0.1, 0.15) is 168 Å². The zero-order chi connectivity index (χ0) is 66.0. The average Bonchev–Trinajstić information content (AvgIpc) is 1.95. The molecule has 0 heterocycles. The zero-order valence-corrected chi connectivity index (χ0v) is 66.6. The maximum absolute atomic E-state index is 12.3. The third-order valence-electron chi connectivity index (χ3n) is 20.0. The predicted molar refractivity (Wildman–Crippen MR) is 380 cm³/mol. The van der Waals surface area contributed by atoms with E-state index in [1.165, 1.54) is 34.2 Å². The number of ketones is 2. The maximum Gasteiger partial charge on any atom is 0.350 e. The molecular weight excluding hydrogens is 1960 g/mol. The number of nitrogens with zero attached hydrogens (tertiary/aromatic N) is 1. The number of nitrogens with two attached hydrogens (primary N) is 3. The van der Waals surface area contributed by atoms with E-state index in [1.54, 1.807) is 12.1 Å². The predicted octanol–water partition coefficient (Wildman–Crippen LogP) is 9.10. The van der Waals surface area contributed by atoms with Crippen LogP contribution in [0.15, 0.2) is 59.0 Å². The number of aryl methyl sites for hydroxylation is 3. The van der Waals surface area contributed by atoms with E-state index >= 15 is 0 Å². The molecule has 21 nitrogen and oxygen atoms in total. The van der Waals surface area contributed by atoms with Gasteiger partial charge in [-0.15, -0.1) is 24.0 Å². The summed E-state index contributed by atoms with van der Waals surface area (Å²) in [5.41, 5.74) is 7.68. The van der Waals surface area contributed by atoms with Crippen molar-refractivity contribution in [1.29, 1.82) is 0 Å². The van der Waals surface area contributed by atoms with Crippen LogP contribution in [0.25, 0.3) is 0 Å². The van der Waals surface area contributed by atoms with E-state index in [0.29, 0.717) is 89.6 Å². The van der Waals surface area contributed by atoms with E-state index in [9.17, 15) is 53.5 Å². The standard InChI is InChI=1S/C18H25NO4S.C18H23NO4S.C18H22O2.CClNO3S.CH2O2.ClH2NO2S.I3.I2.HI/c2*1-18-9-8-14-13-5-3-12(23-24(19,21)22)10-11(13)2-4-15(14)16(18)6-7-17(18)20;1-18-9-8-14-13-5-3-12(19)10-11(13)2-4-15(14)16(18)6-7-17(18)20;2-7(5,6)3-1-4;2-1-3;1-5(2,3)4;1-3-2;1-2;/h3,5,10,14-17,20H,2,4,6-9H2,1H3,(H2,19,21,22);3,5,10,14-16H,2,4,6-9H2,1H3,(H2,19,21,22);3,5,10,14-16,19H,2,4,6-9H2,1H3;;1H,(H,2,3);(H2,2,3,4);;;1H/q;;;;;;-1;;/t14?,15?,16?,17-,18-;2*14?,15?,16?,18-;;;;;;/m000....../s1. The van der Waals surface area contributed by atoms with E-state index in [1.807, 2.05) is 36.4 Å². The van der Waals surface area contributed by atoms with Crippen LogP contribution in [0.2, 0.25) is 0 Å². The van der Waals surface area contributed by atoms with Gasteiger partial charge in [-0.3, -0.25) is 14.4 Å². The molecule has 6 saturated carbocycles. The van der Waals surface area contributed by atoms with Gasteiger partial charge in [-0.25, -0.2) is 9.93 Å². The molecule has 9 aliphatic rings. The fourth-order valence-electron chi connectivity index (χ4n) is 16.6. The van der Waals surface area contributed by atoms with Crippen molar-refractivity contribution in [3.05, 3.63) is 88.0 Å². The minimum atomic E-state index is -4.00. The largest absolute Gasteiger partial charge is 0.483 e. The van der Waals surface area contributed by atoms with Crippen LogP contribution >= 0.6 is 120 Å². The van der Waals surface area contributed by atoms with Crippen molar-refractivity contribution >= 4 is 183 Å². The van der Waals surface area contributed by atoms with Crippen molar-refractivity contribution in [3.8, 4) is 17.2 Å². The molecule has 6 fully saturated rings. The molecule has 13 atom stereocenters. The van der Waals surface area contributed by atoms with Gasteiger partial charge in [0.15, 0.2) is 0 Å². The molecule has 12 rings (SSSR count). The molecule has 0 aromatic heterocycles. The van der Waals surface area contributed by atoms with Crippen LogP contribution in [-0.4, -0.2) is 79.2 Å². The number of carbonyl (C=O) groups is 3. The molecule has 0 amide bonds. The Kier molecular flexibility index (Phi) is 31.8. The number of rotatable bonds is 5. The number of carboxylic acid groups (broad SMARTS) is 1. The Balaban J connectivity index is 0.000000247. The van der Waals surface area contributed by atoms with E-state index < -0.39 is 39.1 Å². The fraction of sp³-hybridized carbons (Fsp3) is 0.607.